The Bertz CT molecular complexity index is 352. The van der Waals surface area contributed by atoms with E-state index in [-0.39, 0.29) is 0 Å². The number of rotatable bonds is 2. The summed E-state index contributed by atoms with van der Waals surface area (Å²) in [4.78, 5) is 0. The third-order valence-electron chi connectivity index (χ3n) is 8.52. The van der Waals surface area contributed by atoms with Crippen LogP contribution in [0.5, 0.6) is 0 Å². The van der Waals surface area contributed by atoms with Gasteiger partial charge in [-0.2, -0.15) is 0 Å². The minimum atomic E-state index is 0.682. The van der Waals surface area contributed by atoms with E-state index in [0.29, 0.717) is 5.41 Å². The summed E-state index contributed by atoms with van der Waals surface area (Å²) in [6.45, 7) is 8.79. The molecule has 0 aromatic heterocycles. The molecule has 0 aromatic carbocycles. The van der Waals surface area contributed by atoms with Crippen molar-refractivity contribution in [2.75, 3.05) is 0 Å². The van der Waals surface area contributed by atoms with Crippen molar-refractivity contribution < 1.29 is 0 Å². The first-order valence-corrected chi connectivity index (χ1v) is 9.63. The Morgan fingerprint density at radius 3 is 2.05 bits per heavy atom. The summed E-state index contributed by atoms with van der Waals surface area (Å²) in [5, 5.41) is 0. The Kier molecular flexibility index (Phi) is 3.28. The molecule has 1 heteroatoms. The van der Waals surface area contributed by atoms with Gasteiger partial charge in [0, 0.05) is 0 Å². The summed E-state index contributed by atoms with van der Waals surface area (Å²) in [7, 11) is 0. The Balaban J connectivity index is 1.59. The lowest BCUT2D eigenvalue weighted by Gasteiger charge is -2.65. The lowest BCUT2D eigenvalue weighted by molar-refractivity contribution is -0.106. The van der Waals surface area contributed by atoms with Crippen molar-refractivity contribution in [1.82, 2.24) is 0 Å². The van der Waals surface area contributed by atoms with E-state index in [1.165, 1.54) is 6.42 Å². The van der Waals surface area contributed by atoms with Crippen LogP contribution in [0.1, 0.15) is 78.6 Å². The Hall–Kier alpha value is 0.0649. The maximum atomic E-state index is 2.58. The molecule has 0 N–H and O–H groups in total. The summed E-state index contributed by atoms with van der Waals surface area (Å²) in [5.74, 6) is 6.58. The standard InChI is InChI=1S/C19H33B/c1-4-16-17-11-13(19(17,2)3)12-18(16)20-14-7-5-8-15(20)10-6-9-14/h13-18H,4-12H2,1-3H3/t13-,14?,15?,16+,17+,18+/m1/s1. The number of fused-ring (bicyclic) bond motifs is 5. The molecule has 4 bridgehead atoms. The first kappa shape index (κ1) is 13.7. The zero-order valence-electron chi connectivity index (χ0n) is 13.9. The van der Waals surface area contributed by atoms with Gasteiger partial charge in [0.1, 0.15) is 6.71 Å². The second-order valence-corrected chi connectivity index (χ2v) is 9.29. The normalized spacial score (nSPS) is 49.6. The van der Waals surface area contributed by atoms with Crippen molar-refractivity contribution in [3.63, 3.8) is 0 Å². The van der Waals surface area contributed by atoms with E-state index in [4.69, 9.17) is 0 Å². The Morgan fingerprint density at radius 1 is 0.950 bits per heavy atom. The molecular weight excluding hydrogens is 239 g/mol. The van der Waals surface area contributed by atoms with Crippen LogP contribution in [-0.2, 0) is 0 Å². The predicted molar refractivity (Wildman–Crippen MR) is 88.5 cm³/mol. The first-order chi connectivity index (χ1) is 9.63. The predicted octanol–water partition coefficient (Wildman–Crippen LogP) is 6.05. The van der Waals surface area contributed by atoms with Gasteiger partial charge in [0.05, 0.1) is 0 Å². The van der Waals surface area contributed by atoms with Crippen molar-refractivity contribution in [1.29, 1.82) is 0 Å². The van der Waals surface area contributed by atoms with Crippen LogP contribution in [0.25, 0.3) is 0 Å². The maximum absolute atomic E-state index is 2.58. The largest absolute Gasteiger partial charge is 0.149 e. The van der Waals surface area contributed by atoms with Crippen LogP contribution in [0, 0.1) is 23.2 Å². The fraction of sp³-hybridized carbons (Fsp3) is 1.00. The van der Waals surface area contributed by atoms with Crippen LogP contribution < -0.4 is 0 Å². The van der Waals surface area contributed by atoms with Crippen molar-refractivity contribution in [2.45, 2.75) is 96.0 Å². The molecule has 20 heavy (non-hydrogen) atoms. The molecule has 4 atom stereocenters. The van der Waals surface area contributed by atoms with Gasteiger partial charge in [-0.1, -0.05) is 89.6 Å². The van der Waals surface area contributed by atoms with Crippen molar-refractivity contribution in [3.8, 4) is 0 Å². The lowest BCUT2D eigenvalue weighted by atomic mass is 9.18. The van der Waals surface area contributed by atoms with E-state index < -0.39 is 0 Å². The van der Waals surface area contributed by atoms with Gasteiger partial charge >= 0.3 is 0 Å². The van der Waals surface area contributed by atoms with Gasteiger partial charge in [-0.3, -0.25) is 0 Å². The summed E-state index contributed by atoms with van der Waals surface area (Å²) < 4.78 is 0. The molecule has 5 fully saturated rings. The monoisotopic (exact) mass is 272 g/mol. The van der Waals surface area contributed by atoms with Crippen LogP contribution >= 0.6 is 0 Å². The summed E-state index contributed by atoms with van der Waals surface area (Å²) in [6, 6.07) is 0. The van der Waals surface area contributed by atoms with E-state index in [9.17, 15) is 0 Å². The molecule has 3 aliphatic carbocycles. The van der Waals surface area contributed by atoms with Gasteiger partial charge in [0.2, 0.25) is 0 Å². The number of hydrogen-bond acceptors (Lipinski definition) is 0. The van der Waals surface area contributed by atoms with E-state index in [1.807, 2.05) is 0 Å². The second kappa shape index (κ2) is 4.78. The van der Waals surface area contributed by atoms with Crippen molar-refractivity contribution in [3.05, 3.63) is 0 Å². The molecule has 2 heterocycles. The average molecular weight is 272 g/mol. The van der Waals surface area contributed by atoms with Crippen molar-refractivity contribution in [2.24, 2.45) is 23.2 Å². The van der Waals surface area contributed by atoms with E-state index in [0.717, 1.165) is 41.9 Å². The zero-order chi connectivity index (χ0) is 13.9. The molecule has 0 unspecified atom stereocenters. The molecule has 0 spiro atoms. The quantitative estimate of drug-likeness (QED) is 0.536. The molecule has 0 nitrogen and oxygen atoms in total. The van der Waals surface area contributed by atoms with Crippen LogP contribution in [0.3, 0.4) is 0 Å². The van der Waals surface area contributed by atoms with E-state index >= 15 is 0 Å². The highest BCUT2D eigenvalue weighted by atomic mass is 14.6. The van der Waals surface area contributed by atoms with Gasteiger partial charge in [0.15, 0.2) is 0 Å². The van der Waals surface area contributed by atoms with Crippen LogP contribution in [0.4, 0.5) is 0 Å². The van der Waals surface area contributed by atoms with Crippen molar-refractivity contribution >= 4 is 6.71 Å². The highest BCUT2D eigenvalue weighted by Gasteiger charge is 2.60. The third-order valence-corrected chi connectivity index (χ3v) is 8.52. The summed E-state index contributed by atoms with van der Waals surface area (Å²) >= 11 is 0. The molecule has 5 aliphatic rings. The van der Waals surface area contributed by atoms with Crippen LogP contribution in [0.2, 0.25) is 17.5 Å². The van der Waals surface area contributed by atoms with Crippen LogP contribution in [0.15, 0.2) is 0 Å². The zero-order valence-corrected chi connectivity index (χ0v) is 13.9. The molecule has 0 amide bonds. The number of hydrogen-bond donors (Lipinski definition) is 0. The lowest BCUT2D eigenvalue weighted by Crippen LogP contribution is -2.58. The highest BCUT2D eigenvalue weighted by molar-refractivity contribution is 6.64. The molecule has 3 saturated carbocycles. The SMILES string of the molecule is CC[C@@H]1[C@@H](B2C3CCCC2CCC3)C[C@H]2C[C@@H]1C2(C)C. The molecular formula is C19H33B. The van der Waals surface area contributed by atoms with Gasteiger partial charge in [-0.25, -0.2) is 0 Å². The highest BCUT2D eigenvalue weighted by Crippen LogP contribution is 2.68. The van der Waals surface area contributed by atoms with Gasteiger partial charge in [-0.15, -0.1) is 0 Å². The fourth-order valence-corrected chi connectivity index (χ4v) is 7.44. The van der Waals surface area contributed by atoms with Crippen LogP contribution in [-0.4, -0.2) is 6.71 Å². The maximum Gasteiger partial charge on any atom is 0.149 e. The molecule has 112 valence electrons. The second-order valence-electron chi connectivity index (χ2n) is 9.29. The van der Waals surface area contributed by atoms with Gasteiger partial charge in [-0.05, 0) is 29.6 Å². The first-order valence-electron chi connectivity index (χ1n) is 9.63. The molecule has 0 aromatic rings. The molecule has 2 aliphatic heterocycles. The topological polar surface area (TPSA) is 0 Å². The molecule has 5 rings (SSSR count). The minimum Gasteiger partial charge on any atom is -0.0651 e. The smallest absolute Gasteiger partial charge is 0.0651 e. The fourth-order valence-electron chi connectivity index (χ4n) is 7.44. The third kappa shape index (κ3) is 1.80. The Labute approximate surface area is 126 Å². The Morgan fingerprint density at radius 2 is 1.55 bits per heavy atom. The summed E-state index contributed by atoms with van der Waals surface area (Å²) in [5.41, 5.74) is 0.682. The minimum absolute atomic E-state index is 0.682. The average Bonchev–Trinajstić information content (AvgIpc) is 2.45. The molecule has 0 radical (unpaired) electrons. The van der Waals surface area contributed by atoms with E-state index in [2.05, 4.69) is 20.8 Å². The van der Waals surface area contributed by atoms with E-state index in [1.54, 1.807) is 51.4 Å². The van der Waals surface area contributed by atoms with Gasteiger partial charge < -0.3 is 0 Å². The molecule has 2 saturated heterocycles. The summed E-state index contributed by atoms with van der Waals surface area (Å²) in [6.07, 6.45) is 14.0. The van der Waals surface area contributed by atoms with Gasteiger partial charge in [0.25, 0.3) is 0 Å².